The van der Waals surface area contributed by atoms with E-state index in [0.29, 0.717) is 16.5 Å². The molecular weight excluding hydrogens is 432 g/mol. The van der Waals surface area contributed by atoms with Gasteiger partial charge in [-0.1, -0.05) is 23.7 Å². The van der Waals surface area contributed by atoms with E-state index >= 15 is 0 Å². The zero-order valence-electron chi connectivity index (χ0n) is 17.4. The van der Waals surface area contributed by atoms with Crippen molar-refractivity contribution in [3.05, 3.63) is 87.0 Å². The molecule has 0 saturated carbocycles. The van der Waals surface area contributed by atoms with E-state index in [1.807, 2.05) is 68.4 Å². The molecular formula is C24H21ClN2O3S. The highest BCUT2D eigenvalue weighted by molar-refractivity contribution is 8.18. The Balaban J connectivity index is 1.53. The molecule has 3 aromatic rings. The van der Waals surface area contributed by atoms with Crippen molar-refractivity contribution in [2.45, 2.75) is 20.5 Å². The van der Waals surface area contributed by atoms with Crippen LogP contribution in [0.5, 0.6) is 5.75 Å². The number of ether oxygens (including phenoxy) is 1. The summed E-state index contributed by atoms with van der Waals surface area (Å²) in [6.07, 6.45) is 1.79. The van der Waals surface area contributed by atoms with Gasteiger partial charge in [0.2, 0.25) is 0 Å². The first-order valence-electron chi connectivity index (χ1n) is 9.71. The van der Waals surface area contributed by atoms with Crippen molar-refractivity contribution in [1.82, 2.24) is 9.47 Å². The third kappa shape index (κ3) is 4.40. The Kier molecular flexibility index (Phi) is 5.94. The number of halogens is 1. The van der Waals surface area contributed by atoms with Gasteiger partial charge in [0.1, 0.15) is 12.4 Å². The number of aryl methyl sites for hydroxylation is 1. The lowest BCUT2D eigenvalue weighted by Gasteiger charge is -2.12. The molecule has 0 atom stereocenters. The molecule has 7 heteroatoms. The number of amides is 2. The number of benzene rings is 2. The zero-order chi connectivity index (χ0) is 22.1. The van der Waals surface area contributed by atoms with Gasteiger partial charge in [0.25, 0.3) is 11.1 Å². The number of likely N-dealkylation sites (N-methyl/N-ethyl adjacent to an activating group) is 1. The number of aromatic nitrogens is 1. The summed E-state index contributed by atoms with van der Waals surface area (Å²) in [6.45, 7) is 4.48. The first-order valence-corrected chi connectivity index (χ1v) is 10.9. The Morgan fingerprint density at radius 1 is 1.03 bits per heavy atom. The van der Waals surface area contributed by atoms with E-state index in [4.69, 9.17) is 16.3 Å². The molecule has 0 spiro atoms. The van der Waals surface area contributed by atoms with Crippen molar-refractivity contribution in [3.8, 4) is 11.4 Å². The molecule has 5 nitrogen and oxygen atoms in total. The van der Waals surface area contributed by atoms with Crippen LogP contribution in [0.15, 0.2) is 59.5 Å². The van der Waals surface area contributed by atoms with Crippen molar-refractivity contribution in [1.29, 1.82) is 0 Å². The smallest absolute Gasteiger partial charge is 0.293 e. The maximum atomic E-state index is 12.2. The lowest BCUT2D eigenvalue weighted by Crippen LogP contribution is -2.22. The van der Waals surface area contributed by atoms with Gasteiger partial charge >= 0.3 is 0 Å². The van der Waals surface area contributed by atoms with Crippen LogP contribution < -0.4 is 4.74 Å². The molecule has 1 aliphatic rings. The molecule has 2 amide bonds. The molecule has 1 aliphatic heterocycles. The van der Waals surface area contributed by atoms with Crippen molar-refractivity contribution in [2.75, 3.05) is 7.05 Å². The summed E-state index contributed by atoms with van der Waals surface area (Å²) < 4.78 is 7.99. The standard InChI is InChI=1S/C24H21ClN2O3S/c1-15-12-18(13-22-23(28)26(3)24(29)31-22)16(2)27(15)20-8-10-21(11-9-20)30-14-17-4-6-19(25)7-5-17/h4-13H,14H2,1-3H3/b22-13-. The topological polar surface area (TPSA) is 51.5 Å². The van der Waals surface area contributed by atoms with Gasteiger partial charge in [0.15, 0.2) is 0 Å². The number of imide groups is 1. The molecule has 0 unspecified atom stereocenters. The minimum atomic E-state index is -0.262. The van der Waals surface area contributed by atoms with E-state index in [1.165, 1.54) is 7.05 Å². The summed E-state index contributed by atoms with van der Waals surface area (Å²) in [5.41, 5.74) is 4.99. The predicted molar refractivity (Wildman–Crippen MR) is 125 cm³/mol. The van der Waals surface area contributed by atoms with Crippen LogP contribution in [-0.2, 0) is 11.4 Å². The summed E-state index contributed by atoms with van der Waals surface area (Å²) in [6, 6.07) is 17.5. The third-order valence-electron chi connectivity index (χ3n) is 5.16. The average Bonchev–Trinajstić information content (AvgIpc) is 3.17. The Morgan fingerprint density at radius 3 is 2.32 bits per heavy atom. The van der Waals surface area contributed by atoms with Crippen LogP contribution in [0, 0.1) is 13.8 Å². The zero-order valence-corrected chi connectivity index (χ0v) is 19.0. The van der Waals surface area contributed by atoms with Crippen molar-refractivity contribution in [3.63, 3.8) is 0 Å². The fourth-order valence-corrected chi connectivity index (χ4v) is 4.40. The lowest BCUT2D eigenvalue weighted by molar-refractivity contribution is -0.121. The Bertz CT molecular complexity index is 1180. The van der Waals surface area contributed by atoms with E-state index in [0.717, 1.165) is 50.6 Å². The van der Waals surface area contributed by atoms with Gasteiger partial charge in [-0.3, -0.25) is 14.5 Å². The Morgan fingerprint density at radius 2 is 1.71 bits per heavy atom. The second-order valence-corrected chi connectivity index (χ2v) is 8.74. The van der Waals surface area contributed by atoms with Gasteiger partial charge in [-0.05, 0) is 85.3 Å². The normalized spacial score (nSPS) is 15.2. The second kappa shape index (κ2) is 8.65. The third-order valence-corrected chi connectivity index (χ3v) is 6.37. The lowest BCUT2D eigenvalue weighted by atomic mass is 10.2. The molecule has 0 bridgehead atoms. The van der Waals surface area contributed by atoms with E-state index in [2.05, 4.69) is 4.57 Å². The SMILES string of the molecule is Cc1cc(/C=C2\SC(=O)N(C)C2=O)c(C)n1-c1ccc(OCc2ccc(Cl)cc2)cc1. The molecule has 1 aromatic heterocycles. The molecule has 2 heterocycles. The van der Waals surface area contributed by atoms with E-state index in [-0.39, 0.29) is 11.1 Å². The number of hydrogen-bond donors (Lipinski definition) is 0. The van der Waals surface area contributed by atoms with Gasteiger partial charge in [0, 0.05) is 29.1 Å². The van der Waals surface area contributed by atoms with Crippen LogP contribution in [0.4, 0.5) is 4.79 Å². The molecule has 0 aliphatic carbocycles. The maximum Gasteiger partial charge on any atom is 0.293 e. The fraction of sp³-hybridized carbons (Fsp3) is 0.167. The van der Waals surface area contributed by atoms with Crippen molar-refractivity contribution in [2.24, 2.45) is 0 Å². The highest BCUT2D eigenvalue weighted by Gasteiger charge is 2.32. The molecule has 1 fully saturated rings. The predicted octanol–water partition coefficient (Wildman–Crippen LogP) is 5.99. The molecule has 0 radical (unpaired) electrons. The summed E-state index contributed by atoms with van der Waals surface area (Å²) in [5.74, 6) is 0.514. The molecule has 31 heavy (non-hydrogen) atoms. The maximum absolute atomic E-state index is 12.2. The molecule has 2 aromatic carbocycles. The van der Waals surface area contributed by atoms with Crippen molar-refractivity contribution >= 4 is 40.6 Å². The summed E-state index contributed by atoms with van der Waals surface area (Å²) in [7, 11) is 1.50. The quantitative estimate of drug-likeness (QED) is 0.446. The van der Waals surface area contributed by atoms with Crippen LogP contribution in [-0.4, -0.2) is 27.7 Å². The van der Waals surface area contributed by atoms with Gasteiger partial charge in [-0.2, -0.15) is 0 Å². The largest absolute Gasteiger partial charge is 0.489 e. The number of carbonyl (C=O) groups excluding carboxylic acids is 2. The van der Waals surface area contributed by atoms with Crippen LogP contribution >= 0.6 is 23.4 Å². The Labute approximate surface area is 190 Å². The van der Waals surface area contributed by atoms with Crippen LogP contribution in [0.3, 0.4) is 0 Å². The van der Waals surface area contributed by atoms with Crippen LogP contribution in [0.2, 0.25) is 5.02 Å². The number of carbonyl (C=O) groups is 2. The minimum Gasteiger partial charge on any atom is -0.489 e. The van der Waals surface area contributed by atoms with Crippen molar-refractivity contribution < 1.29 is 14.3 Å². The van der Waals surface area contributed by atoms with E-state index in [9.17, 15) is 9.59 Å². The van der Waals surface area contributed by atoms with Crippen LogP contribution in [0.25, 0.3) is 11.8 Å². The van der Waals surface area contributed by atoms with E-state index < -0.39 is 0 Å². The highest BCUT2D eigenvalue weighted by atomic mass is 35.5. The first kappa shape index (κ1) is 21.3. The number of rotatable bonds is 5. The second-order valence-electron chi connectivity index (χ2n) is 7.31. The molecule has 0 N–H and O–H groups in total. The van der Waals surface area contributed by atoms with Gasteiger partial charge in [0.05, 0.1) is 4.91 Å². The summed E-state index contributed by atoms with van der Waals surface area (Å²) in [4.78, 5) is 25.5. The summed E-state index contributed by atoms with van der Waals surface area (Å²) >= 11 is 6.89. The van der Waals surface area contributed by atoms with Gasteiger partial charge in [-0.15, -0.1) is 0 Å². The number of thioether (sulfide) groups is 1. The average molecular weight is 453 g/mol. The van der Waals surface area contributed by atoms with E-state index in [1.54, 1.807) is 6.08 Å². The monoisotopic (exact) mass is 452 g/mol. The Hall–Kier alpha value is -2.96. The van der Waals surface area contributed by atoms with Gasteiger partial charge in [-0.25, -0.2) is 0 Å². The summed E-state index contributed by atoms with van der Waals surface area (Å²) in [5, 5.41) is 0.453. The first-order chi connectivity index (χ1) is 14.8. The molecule has 4 rings (SSSR count). The minimum absolute atomic E-state index is 0.251. The molecule has 158 valence electrons. The highest BCUT2D eigenvalue weighted by Crippen LogP contribution is 2.33. The fourth-order valence-electron chi connectivity index (χ4n) is 3.46. The van der Waals surface area contributed by atoms with Gasteiger partial charge < -0.3 is 9.30 Å². The number of hydrogen-bond acceptors (Lipinski definition) is 4. The molecule has 1 saturated heterocycles. The van der Waals surface area contributed by atoms with Crippen LogP contribution in [0.1, 0.15) is 22.5 Å². The number of nitrogens with zero attached hydrogens (tertiary/aromatic N) is 2.